The van der Waals surface area contributed by atoms with E-state index in [0.29, 0.717) is 17.0 Å². The highest BCUT2D eigenvalue weighted by atomic mass is 32.2. The third-order valence-corrected chi connectivity index (χ3v) is 4.10. The molecule has 21 heavy (non-hydrogen) atoms. The first kappa shape index (κ1) is 16.3. The Labute approximate surface area is 128 Å². The third kappa shape index (κ3) is 4.69. The molecule has 0 radical (unpaired) electrons. The van der Waals surface area contributed by atoms with E-state index < -0.39 is 5.97 Å². The SMILES string of the molecule is CCOC(=O)c1nnc(SCC2CN(C(C)C)CCO2)o1. The molecule has 1 aromatic heterocycles. The van der Waals surface area contributed by atoms with Gasteiger partial charge in [0.25, 0.3) is 5.22 Å². The molecule has 1 atom stereocenters. The first-order chi connectivity index (χ1) is 10.1. The predicted octanol–water partition coefficient (Wildman–Crippen LogP) is 1.45. The molecule has 0 spiro atoms. The molecule has 0 bridgehead atoms. The van der Waals surface area contributed by atoms with Gasteiger partial charge in [-0.3, -0.25) is 4.90 Å². The van der Waals surface area contributed by atoms with Crippen LogP contribution in [0.5, 0.6) is 0 Å². The number of carbonyl (C=O) groups excluding carboxylic acids is 1. The van der Waals surface area contributed by atoms with Crippen molar-refractivity contribution in [2.45, 2.75) is 38.1 Å². The number of thioether (sulfide) groups is 1. The first-order valence-corrected chi connectivity index (χ1v) is 8.07. The zero-order chi connectivity index (χ0) is 15.2. The van der Waals surface area contributed by atoms with Gasteiger partial charge in [-0.05, 0) is 20.8 Å². The molecule has 2 rings (SSSR count). The van der Waals surface area contributed by atoms with Gasteiger partial charge in [0.2, 0.25) is 0 Å². The standard InChI is InChI=1S/C13H21N3O4S/c1-4-18-12(17)11-14-15-13(20-11)21-8-10-7-16(9(2)3)5-6-19-10/h9-10H,4-8H2,1-3H3. The second-order valence-electron chi connectivity index (χ2n) is 4.99. The van der Waals surface area contributed by atoms with Crippen LogP contribution in [0.25, 0.3) is 0 Å². The van der Waals surface area contributed by atoms with Crippen LogP contribution in [0, 0.1) is 0 Å². The maximum atomic E-state index is 11.4. The number of nitrogens with zero attached hydrogens (tertiary/aromatic N) is 3. The monoisotopic (exact) mass is 315 g/mol. The molecule has 1 fully saturated rings. The molecule has 1 unspecified atom stereocenters. The Morgan fingerprint density at radius 1 is 1.52 bits per heavy atom. The summed E-state index contributed by atoms with van der Waals surface area (Å²) in [6.45, 7) is 8.96. The normalized spacial score (nSPS) is 19.9. The van der Waals surface area contributed by atoms with E-state index in [2.05, 4.69) is 28.9 Å². The lowest BCUT2D eigenvalue weighted by atomic mass is 10.2. The van der Waals surface area contributed by atoms with Crippen LogP contribution in [-0.4, -0.2) is 65.3 Å². The molecular weight excluding hydrogens is 294 g/mol. The fraction of sp³-hybridized carbons (Fsp3) is 0.769. The number of hydrogen-bond acceptors (Lipinski definition) is 8. The average Bonchev–Trinajstić information content (AvgIpc) is 2.95. The molecule has 2 heterocycles. The molecular formula is C13H21N3O4S. The van der Waals surface area contributed by atoms with E-state index in [4.69, 9.17) is 13.9 Å². The second kappa shape index (κ2) is 7.77. The molecule has 0 N–H and O–H groups in total. The summed E-state index contributed by atoms with van der Waals surface area (Å²) in [5.74, 6) is 0.0256. The molecule has 0 aliphatic carbocycles. The number of carbonyl (C=O) groups is 1. The van der Waals surface area contributed by atoms with Crippen molar-refractivity contribution in [3.8, 4) is 0 Å². The zero-order valence-electron chi connectivity index (χ0n) is 12.6. The molecule has 118 valence electrons. The highest BCUT2D eigenvalue weighted by molar-refractivity contribution is 7.99. The molecule has 1 aliphatic rings. The summed E-state index contributed by atoms with van der Waals surface area (Å²) >= 11 is 1.40. The molecule has 1 aliphatic heterocycles. The van der Waals surface area contributed by atoms with Gasteiger partial charge in [-0.25, -0.2) is 4.79 Å². The molecule has 1 saturated heterocycles. The average molecular weight is 315 g/mol. The van der Waals surface area contributed by atoms with Crippen molar-refractivity contribution in [1.29, 1.82) is 0 Å². The number of aromatic nitrogens is 2. The number of morpholine rings is 1. The van der Waals surface area contributed by atoms with Gasteiger partial charge in [-0.15, -0.1) is 5.10 Å². The van der Waals surface area contributed by atoms with Gasteiger partial charge >= 0.3 is 11.9 Å². The van der Waals surface area contributed by atoms with E-state index in [-0.39, 0.29) is 18.6 Å². The van der Waals surface area contributed by atoms with E-state index in [1.54, 1.807) is 6.92 Å². The van der Waals surface area contributed by atoms with Crippen molar-refractivity contribution < 1.29 is 18.7 Å². The minimum Gasteiger partial charge on any atom is -0.459 e. The second-order valence-corrected chi connectivity index (χ2v) is 5.96. The minimum atomic E-state index is -0.586. The number of esters is 1. The smallest absolute Gasteiger partial charge is 0.396 e. The number of ether oxygens (including phenoxy) is 2. The fourth-order valence-electron chi connectivity index (χ4n) is 2.02. The largest absolute Gasteiger partial charge is 0.459 e. The van der Waals surface area contributed by atoms with Crippen LogP contribution in [0.3, 0.4) is 0 Å². The molecule has 8 heteroatoms. The highest BCUT2D eigenvalue weighted by Gasteiger charge is 2.23. The van der Waals surface area contributed by atoms with Crippen LogP contribution in [0.4, 0.5) is 0 Å². The van der Waals surface area contributed by atoms with Crippen molar-refractivity contribution in [2.75, 3.05) is 32.1 Å². The lowest BCUT2D eigenvalue weighted by Gasteiger charge is -2.35. The van der Waals surface area contributed by atoms with E-state index >= 15 is 0 Å². The van der Waals surface area contributed by atoms with Crippen LogP contribution in [0.2, 0.25) is 0 Å². The van der Waals surface area contributed by atoms with Crippen LogP contribution in [0.1, 0.15) is 31.5 Å². The number of rotatable bonds is 6. The Hall–Kier alpha value is -1.12. The lowest BCUT2D eigenvalue weighted by molar-refractivity contribution is -0.0265. The summed E-state index contributed by atoms with van der Waals surface area (Å²) in [6, 6.07) is 0.514. The summed E-state index contributed by atoms with van der Waals surface area (Å²) in [7, 11) is 0. The van der Waals surface area contributed by atoms with Gasteiger partial charge in [-0.1, -0.05) is 16.9 Å². The summed E-state index contributed by atoms with van der Waals surface area (Å²) < 4.78 is 15.8. The van der Waals surface area contributed by atoms with Crippen LogP contribution >= 0.6 is 11.8 Å². The molecule has 0 aromatic carbocycles. The maximum Gasteiger partial charge on any atom is 0.396 e. The Kier molecular flexibility index (Phi) is 6.01. The summed E-state index contributed by atoms with van der Waals surface area (Å²) in [6.07, 6.45) is 0.129. The fourth-order valence-corrected chi connectivity index (χ4v) is 2.79. The highest BCUT2D eigenvalue weighted by Crippen LogP contribution is 2.20. The topological polar surface area (TPSA) is 77.7 Å². The van der Waals surface area contributed by atoms with Crippen molar-refractivity contribution >= 4 is 17.7 Å². The minimum absolute atomic E-state index is 0.104. The van der Waals surface area contributed by atoms with Crippen molar-refractivity contribution in [3.05, 3.63) is 5.89 Å². The maximum absolute atomic E-state index is 11.4. The van der Waals surface area contributed by atoms with Crippen LogP contribution < -0.4 is 0 Å². The van der Waals surface area contributed by atoms with Crippen molar-refractivity contribution in [2.24, 2.45) is 0 Å². The molecule has 7 nitrogen and oxygen atoms in total. The van der Waals surface area contributed by atoms with Gasteiger partial charge in [0.05, 0.1) is 19.3 Å². The van der Waals surface area contributed by atoms with Crippen molar-refractivity contribution in [1.82, 2.24) is 15.1 Å². The Morgan fingerprint density at radius 3 is 3.05 bits per heavy atom. The van der Waals surface area contributed by atoms with Crippen LogP contribution in [-0.2, 0) is 9.47 Å². The quantitative estimate of drug-likeness (QED) is 0.576. The summed E-state index contributed by atoms with van der Waals surface area (Å²) in [5, 5.41) is 7.88. The number of hydrogen-bond donors (Lipinski definition) is 0. The summed E-state index contributed by atoms with van der Waals surface area (Å²) in [5.41, 5.74) is 0. The Balaban J connectivity index is 1.81. The van der Waals surface area contributed by atoms with Gasteiger partial charge in [-0.2, -0.15) is 0 Å². The van der Waals surface area contributed by atoms with Crippen molar-refractivity contribution in [3.63, 3.8) is 0 Å². The predicted molar refractivity (Wildman–Crippen MR) is 77.4 cm³/mol. The summed E-state index contributed by atoms with van der Waals surface area (Å²) in [4.78, 5) is 13.8. The van der Waals surface area contributed by atoms with Gasteiger partial charge in [0.15, 0.2) is 0 Å². The zero-order valence-corrected chi connectivity index (χ0v) is 13.4. The third-order valence-electron chi connectivity index (χ3n) is 3.15. The van der Waals surface area contributed by atoms with Crippen LogP contribution in [0.15, 0.2) is 9.64 Å². The Morgan fingerprint density at radius 2 is 2.33 bits per heavy atom. The van der Waals surface area contributed by atoms with Gasteiger partial charge in [0, 0.05) is 24.9 Å². The molecule has 0 saturated carbocycles. The van der Waals surface area contributed by atoms with E-state index in [1.807, 2.05) is 0 Å². The Bertz CT molecular complexity index is 466. The van der Waals surface area contributed by atoms with E-state index in [0.717, 1.165) is 19.7 Å². The van der Waals surface area contributed by atoms with E-state index in [9.17, 15) is 4.79 Å². The van der Waals surface area contributed by atoms with Gasteiger partial charge in [0.1, 0.15) is 0 Å². The lowest BCUT2D eigenvalue weighted by Crippen LogP contribution is -2.46. The molecule has 0 amide bonds. The molecule has 1 aromatic rings. The first-order valence-electron chi connectivity index (χ1n) is 7.09. The van der Waals surface area contributed by atoms with Gasteiger partial charge < -0.3 is 13.9 Å². The van der Waals surface area contributed by atoms with E-state index in [1.165, 1.54) is 11.8 Å².